The van der Waals surface area contributed by atoms with Crippen molar-refractivity contribution in [2.24, 2.45) is 0 Å². The molecule has 2 aliphatic heterocycles. The smallest absolute Gasteiger partial charge is 0.322 e. The summed E-state index contributed by atoms with van der Waals surface area (Å²) >= 11 is 0. The number of carbonyl (C=O) groups is 4. The first kappa shape index (κ1) is 50.8. The molecule has 0 radical (unpaired) electrons. The predicted octanol–water partition coefficient (Wildman–Crippen LogP) is 12.4. The van der Waals surface area contributed by atoms with Gasteiger partial charge in [0, 0.05) is 47.8 Å². The summed E-state index contributed by atoms with van der Waals surface area (Å²) < 4.78 is 83.0. The Labute approximate surface area is 425 Å². The lowest BCUT2D eigenvalue weighted by Crippen LogP contribution is -2.33. The minimum absolute atomic E-state index is 0.110. The maximum atomic E-state index is 13.9. The molecule has 0 saturated heterocycles. The van der Waals surface area contributed by atoms with Crippen molar-refractivity contribution in [3.05, 3.63) is 198 Å². The van der Waals surface area contributed by atoms with Gasteiger partial charge < -0.3 is 10.6 Å². The topological polar surface area (TPSA) is 163 Å². The summed E-state index contributed by atoms with van der Waals surface area (Å²) in [5, 5.41) is 4.93. The molecule has 13 nitrogen and oxygen atoms in total. The number of carbonyl (C=O) groups excluding carboxylic acids is 4. The summed E-state index contributed by atoms with van der Waals surface area (Å²) in [5.41, 5.74) is 0.421. The van der Waals surface area contributed by atoms with E-state index in [1.165, 1.54) is 18.3 Å². The third-order valence-electron chi connectivity index (χ3n) is 12.7. The van der Waals surface area contributed by atoms with E-state index < -0.39 is 57.5 Å². The fourth-order valence-corrected chi connectivity index (χ4v) is 9.19. The Hall–Kier alpha value is -9.13. The van der Waals surface area contributed by atoms with Crippen molar-refractivity contribution in [1.29, 1.82) is 0 Å². The molecule has 4 amide bonds. The summed E-state index contributed by atoms with van der Waals surface area (Å²) in [6, 6.07) is 31.1. The van der Waals surface area contributed by atoms with Gasteiger partial charge in [-0.3, -0.25) is 48.9 Å². The SMILES string of the molecule is CC1(C)C(=O)N(c2cccnc2)c2cccc(-c3cnc(C(F)(F)F)c(C(=O)Nc4ccccc4)c3)c21.Cc1ccc(NC(=O)c2cc(-c3cccc4c3C(C)(C)C(=O)N4c3cccnc3)cnc2C(F)(F)F)nc1. The number of para-hydroxylation sites is 1. The van der Waals surface area contributed by atoms with Crippen LogP contribution in [0.4, 0.5) is 60.6 Å². The molecule has 19 heteroatoms. The minimum Gasteiger partial charge on any atom is -0.322 e. The quantitative estimate of drug-likeness (QED) is 0.141. The van der Waals surface area contributed by atoms with Crippen molar-refractivity contribution in [3.63, 3.8) is 0 Å². The highest BCUT2D eigenvalue weighted by Crippen LogP contribution is 2.51. The predicted molar refractivity (Wildman–Crippen MR) is 269 cm³/mol. The third-order valence-corrected chi connectivity index (χ3v) is 12.7. The number of hydrogen-bond acceptors (Lipinski definition) is 9. The molecule has 0 aliphatic carbocycles. The molecule has 10 rings (SSSR count). The van der Waals surface area contributed by atoms with Gasteiger partial charge >= 0.3 is 12.4 Å². The van der Waals surface area contributed by atoms with Crippen LogP contribution in [0.25, 0.3) is 22.3 Å². The first-order valence-corrected chi connectivity index (χ1v) is 23.1. The van der Waals surface area contributed by atoms with E-state index in [0.29, 0.717) is 50.7 Å². The molecule has 0 fully saturated rings. The van der Waals surface area contributed by atoms with Gasteiger partial charge in [0.05, 0.1) is 57.1 Å². The lowest BCUT2D eigenvalue weighted by molar-refractivity contribution is -0.142. The fourth-order valence-electron chi connectivity index (χ4n) is 9.19. The van der Waals surface area contributed by atoms with Crippen LogP contribution in [0.1, 0.15) is 76.5 Å². The maximum Gasteiger partial charge on any atom is 0.434 e. The molecular weight excluding hydrogens is 977 g/mol. The van der Waals surface area contributed by atoms with E-state index in [2.05, 4.69) is 35.6 Å². The van der Waals surface area contributed by atoms with Crippen molar-refractivity contribution >= 4 is 57.9 Å². The van der Waals surface area contributed by atoms with Gasteiger partial charge in [-0.05, 0) is 129 Å². The van der Waals surface area contributed by atoms with Crippen LogP contribution in [-0.4, -0.2) is 48.5 Å². The number of benzene rings is 3. The average Bonchev–Trinajstić information content (AvgIpc) is 3.74. The molecule has 2 aliphatic rings. The molecule has 2 N–H and O–H groups in total. The lowest BCUT2D eigenvalue weighted by atomic mass is 9.81. The molecule has 0 atom stereocenters. The average molecular weight is 1020 g/mol. The van der Waals surface area contributed by atoms with Crippen LogP contribution in [0, 0.1) is 6.92 Å². The monoisotopic (exact) mass is 1020 g/mol. The number of hydrogen-bond donors (Lipinski definition) is 2. The number of nitrogens with one attached hydrogen (secondary N) is 2. The molecule has 0 unspecified atom stereocenters. The fraction of sp³-hybridized carbons (Fsp3) is 0.161. The number of nitrogens with zero attached hydrogens (tertiary/aromatic N) is 7. The van der Waals surface area contributed by atoms with Crippen molar-refractivity contribution < 1.29 is 45.5 Å². The Morgan fingerprint density at radius 1 is 0.520 bits per heavy atom. The summed E-state index contributed by atoms with van der Waals surface area (Å²) in [6.45, 7) is 8.82. The number of aryl methyl sites for hydroxylation is 1. The molecule has 5 aromatic heterocycles. The number of alkyl halides is 6. The highest BCUT2D eigenvalue weighted by atomic mass is 19.4. The van der Waals surface area contributed by atoms with Gasteiger partial charge in [0.1, 0.15) is 5.82 Å². The van der Waals surface area contributed by atoms with Gasteiger partial charge in [0.25, 0.3) is 11.8 Å². The Balaban J connectivity index is 0.000000184. The molecule has 0 spiro atoms. The van der Waals surface area contributed by atoms with Crippen LogP contribution >= 0.6 is 0 Å². The number of aromatic nitrogens is 5. The van der Waals surface area contributed by atoms with E-state index in [4.69, 9.17) is 0 Å². The largest absolute Gasteiger partial charge is 0.434 e. The van der Waals surface area contributed by atoms with Crippen LogP contribution in [0.5, 0.6) is 0 Å². The maximum absolute atomic E-state index is 13.9. The molecule has 378 valence electrons. The number of amides is 4. The van der Waals surface area contributed by atoms with Crippen LogP contribution in [-0.2, 0) is 32.8 Å². The molecule has 3 aromatic carbocycles. The zero-order chi connectivity index (χ0) is 53.6. The van der Waals surface area contributed by atoms with Crippen molar-refractivity contribution in [2.75, 3.05) is 20.4 Å². The summed E-state index contributed by atoms with van der Waals surface area (Å²) in [7, 11) is 0. The molecular formula is C56H43F6N9O4. The number of pyridine rings is 5. The van der Waals surface area contributed by atoms with E-state index in [0.717, 1.165) is 24.0 Å². The van der Waals surface area contributed by atoms with E-state index in [9.17, 15) is 45.5 Å². The van der Waals surface area contributed by atoms with Gasteiger partial charge in [-0.15, -0.1) is 0 Å². The van der Waals surface area contributed by atoms with Crippen molar-refractivity contribution in [3.8, 4) is 22.3 Å². The molecule has 0 saturated carbocycles. The van der Waals surface area contributed by atoms with Crippen LogP contribution < -0.4 is 20.4 Å². The zero-order valence-electron chi connectivity index (χ0n) is 40.5. The second kappa shape index (κ2) is 19.4. The lowest BCUT2D eigenvalue weighted by Gasteiger charge is -2.21. The third kappa shape index (κ3) is 9.67. The number of rotatable bonds is 8. The summed E-state index contributed by atoms with van der Waals surface area (Å²) in [6.07, 6.45) is 0.288. The van der Waals surface area contributed by atoms with Crippen LogP contribution in [0.3, 0.4) is 0 Å². The standard InChI is InChI=1S/C28H22F3N5O2.C28H21F3N4O2/c1-16-9-10-22(33-13-16)35-25(37)20-12-17(14-34-24(20)28(29,30)31)19-7-4-8-21-23(19)27(2,3)26(38)36(21)18-6-5-11-32-15-18;1-27(2)23-20(11-6-12-22(23)35(26(27)37)19-10-7-13-32-16-19)17-14-21(24(33-15-17)28(29,30)31)25(36)34-18-8-4-3-5-9-18/h4-15H,1-3H3,(H,33,35,37);3-16H,1-2H3,(H,34,36). The van der Waals surface area contributed by atoms with Gasteiger partial charge in [-0.25, -0.2) is 4.98 Å². The highest BCUT2D eigenvalue weighted by Gasteiger charge is 2.48. The van der Waals surface area contributed by atoms with Crippen LogP contribution in [0.15, 0.2) is 159 Å². The van der Waals surface area contributed by atoms with Gasteiger partial charge in [-0.1, -0.05) is 48.5 Å². The second-order valence-corrected chi connectivity index (χ2v) is 18.6. The molecule has 8 aromatic rings. The molecule has 75 heavy (non-hydrogen) atoms. The number of halogens is 6. The number of anilines is 6. The van der Waals surface area contributed by atoms with Crippen molar-refractivity contribution in [1.82, 2.24) is 24.9 Å². The second-order valence-electron chi connectivity index (χ2n) is 18.6. The Morgan fingerprint density at radius 3 is 1.40 bits per heavy atom. The summed E-state index contributed by atoms with van der Waals surface area (Å²) in [5.74, 6) is -2.24. The summed E-state index contributed by atoms with van der Waals surface area (Å²) in [4.78, 5) is 75.7. The van der Waals surface area contributed by atoms with E-state index in [1.54, 1.807) is 166 Å². The van der Waals surface area contributed by atoms with Crippen molar-refractivity contribution in [2.45, 2.75) is 57.8 Å². The van der Waals surface area contributed by atoms with Gasteiger partial charge in [-0.2, -0.15) is 26.3 Å². The number of fused-ring (bicyclic) bond motifs is 2. The highest BCUT2D eigenvalue weighted by molar-refractivity contribution is 6.16. The van der Waals surface area contributed by atoms with Gasteiger partial charge in [0.2, 0.25) is 11.8 Å². The Bertz CT molecular complexity index is 3520. The van der Waals surface area contributed by atoms with E-state index >= 15 is 0 Å². The normalized spacial score (nSPS) is 14.4. The first-order chi connectivity index (χ1) is 35.6. The molecule has 0 bridgehead atoms. The Morgan fingerprint density at radius 2 is 0.987 bits per heavy atom. The van der Waals surface area contributed by atoms with E-state index in [1.807, 2.05) is 0 Å². The van der Waals surface area contributed by atoms with Crippen LogP contribution in [0.2, 0.25) is 0 Å². The zero-order valence-corrected chi connectivity index (χ0v) is 40.5. The molecule has 7 heterocycles. The Kier molecular flexibility index (Phi) is 13.1. The minimum atomic E-state index is -4.86. The first-order valence-electron chi connectivity index (χ1n) is 23.1. The van der Waals surface area contributed by atoms with E-state index in [-0.39, 0.29) is 28.8 Å². The van der Waals surface area contributed by atoms with Gasteiger partial charge in [0.15, 0.2) is 11.4 Å².